The average Bonchev–Trinajstić information content (AvgIpc) is 2.15. The second kappa shape index (κ2) is 3.93. The summed E-state index contributed by atoms with van der Waals surface area (Å²) >= 11 is 0. The fourth-order valence-electron chi connectivity index (χ4n) is 1.92. The third-order valence-electron chi connectivity index (χ3n) is 2.54. The van der Waals surface area contributed by atoms with E-state index in [1.807, 2.05) is 54.6 Å². The van der Waals surface area contributed by atoms with Gasteiger partial charge in [-0.1, -0.05) is 4.68 Å². The Hall–Kier alpha value is -1.90. The molecule has 2 aromatic rings. The molecule has 2 rings (SSSR count). The lowest BCUT2D eigenvalue weighted by Crippen LogP contribution is -2.44. The number of hydrogen-bond acceptors (Lipinski definition) is 1. The molecule has 0 bridgehead atoms. The summed E-state index contributed by atoms with van der Waals surface area (Å²) in [5.74, 6) is 0. The van der Waals surface area contributed by atoms with Crippen LogP contribution in [0.1, 0.15) is 17.0 Å². The van der Waals surface area contributed by atoms with Gasteiger partial charge in [-0.15, -0.1) is 4.68 Å². The lowest BCUT2D eigenvalue weighted by atomic mass is 10.3. The first-order valence-corrected chi connectivity index (χ1v) is 5.27. The Morgan fingerprint density at radius 3 is 2.31 bits per heavy atom. The Morgan fingerprint density at radius 2 is 1.75 bits per heavy atom. The molecular formula is C13H15N2O+. The van der Waals surface area contributed by atoms with E-state index in [4.69, 9.17) is 0 Å². The summed E-state index contributed by atoms with van der Waals surface area (Å²) in [6.45, 7) is 5.91. The normalized spacial score (nSPS) is 10.4. The molecule has 0 saturated heterocycles. The number of aromatic nitrogens is 2. The summed E-state index contributed by atoms with van der Waals surface area (Å²) < 4.78 is 3.99. The molecule has 0 amide bonds. The van der Waals surface area contributed by atoms with Crippen LogP contribution in [0.4, 0.5) is 0 Å². The third-order valence-corrected chi connectivity index (χ3v) is 2.54. The van der Waals surface area contributed by atoms with Gasteiger partial charge in [-0.2, -0.15) is 0 Å². The van der Waals surface area contributed by atoms with Crippen LogP contribution in [0.15, 0.2) is 41.5 Å². The smallest absolute Gasteiger partial charge is 0.203 e. The first-order valence-electron chi connectivity index (χ1n) is 5.27. The summed E-state index contributed by atoms with van der Waals surface area (Å²) in [7, 11) is 0. The molecule has 0 N–H and O–H groups in total. The Morgan fingerprint density at radius 1 is 1.12 bits per heavy atom. The van der Waals surface area contributed by atoms with Crippen LogP contribution in [0.3, 0.4) is 0 Å². The molecule has 3 nitrogen and oxygen atoms in total. The predicted molar refractivity (Wildman–Crippen MR) is 62.3 cm³/mol. The maximum atomic E-state index is 11.3. The van der Waals surface area contributed by atoms with Gasteiger partial charge in [0.15, 0.2) is 5.43 Å². The van der Waals surface area contributed by atoms with E-state index in [0.717, 1.165) is 11.4 Å². The molecule has 16 heavy (non-hydrogen) atoms. The van der Waals surface area contributed by atoms with Gasteiger partial charge in [0, 0.05) is 23.8 Å². The van der Waals surface area contributed by atoms with E-state index < -0.39 is 0 Å². The molecular weight excluding hydrogens is 200 g/mol. The van der Waals surface area contributed by atoms with E-state index in [9.17, 15) is 4.79 Å². The summed E-state index contributed by atoms with van der Waals surface area (Å²) in [6.07, 6.45) is 4.00. The van der Waals surface area contributed by atoms with Crippen molar-refractivity contribution < 1.29 is 4.68 Å². The minimum Gasteiger partial charge on any atom is -0.290 e. The van der Waals surface area contributed by atoms with Crippen LogP contribution in [0.2, 0.25) is 0 Å². The lowest BCUT2D eigenvalue weighted by Gasteiger charge is -2.07. The molecule has 2 aromatic heterocycles. The SMILES string of the molecule is Cc1ccc[n+](-n2c(C)cc(=O)cc2C)c1. The van der Waals surface area contributed by atoms with E-state index in [2.05, 4.69) is 0 Å². The number of pyridine rings is 2. The van der Waals surface area contributed by atoms with Gasteiger partial charge in [-0.25, -0.2) is 0 Å². The Bertz CT molecular complexity index is 558. The summed E-state index contributed by atoms with van der Waals surface area (Å²) in [4.78, 5) is 11.3. The molecule has 0 aliphatic carbocycles. The van der Waals surface area contributed by atoms with Crippen LogP contribution in [-0.2, 0) is 0 Å². The van der Waals surface area contributed by atoms with Gasteiger partial charge in [0.05, 0.1) is 11.4 Å². The Balaban J connectivity index is 2.69. The van der Waals surface area contributed by atoms with Gasteiger partial charge in [0.2, 0.25) is 12.4 Å². The van der Waals surface area contributed by atoms with Crippen molar-refractivity contribution in [1.82, 2.24) is 4.68 Å². The van der Waals surface area contributed by atoms with Gasteiger partial charge in [-0.3, -0.25) is 4.79 Å². The quantitative estimate of drug-likeness (QED) is 0.660. The minimum absolute atomic E-state index is 0.0551. The second-order valence-electron chi connectivity index (χ2n) is 4.05. The first-order chi connectivity index (χ1) is 7.58. The second-order valence-corrected chi connectivity index (χ2v) is 4.05. The van der Waals surface area contributed by atoms with E-state index >= 15 is 0 Å². The van der Waals surface area contributed by atoms with Crippen LogP contribution < -0.4 is 10.1 Å². The van der Waals surface area contributed by atoms with Gasteiger partial charge < -0.3 is 0 Å². The van der Waals surface area contributed by atoms with Gasteiger partial charge >= 0.3 is 0 Å². The molecule has 0 saturated carbocycles. The van der Waals surface area contributed by atoms with Crippen LogP contribution in [-0.4, -0.2) is 4.68 Å². The zero-order chi connectivity index (χ0) is 11.7. The van der Waals surface area contributed by atoms with E-state index in [-0.39, 0.29) is 5.43 Å². The van der Waals surface area contributed by atoms with Gasteiger partial charge in [0.25, 0.3) is 0 Å². The maximum Gasteiger partial charge on any atom is 0.203 e. The topological polar surface area (TPSA) is 25.9 Å². The van der Waals surface area contributed by atoms with Crippen LogP contribution in [0.5, 0.6) is 0 Å². The largest absolute Gasteiger partial charge is 0.290 e. The van der Waals surface area contributed by atoms with E-state index in [0.29, 0.717) is 0 Å². The Labute approximate surface area is 94.6 Å². The van der Waals surface area contributed by atoms with Crippen molar-refractivity contribution in [2.24, 2.45) is 0 Å². The van der Waals surface area contributed by atoms with Crippen molar-refractivity contribution in [1.29, 1.82) is 0 Å². The van der Waals surface area contributed by atoms with Gasteiger partial charge in [0.1, 0.15) is 0 Å². The fourth-order valence-corrected chi connectivity index (χ4v) is 1.92. The number of hydrogen-bond donors (Lipinski definition) is 0. The molecule has 0 aliphatic heterocycles. The minimum atomic E-state index is 0.0551. The van der Waals surface area contributed by atoms with Crippen molar-refractivity contribution in [3.63, 3.8) is 0 Å². The predicted octanol–water partition coefficient (Wildman–Crippen LogP) is 1.37. The summed E-state index contributed by atoms with van der Waals surface area (Å²) in [5.41, 5.74) is 3.10. The van der Waals surface area contributed by atoms with E-state index in [1.54, 1.807) is 12.1 Å². The lowest BCUT2D eigenvalue weighted by molar-refractivity contribution is -0.730. The van der Waals surface area contributed by atoms with Crippen molar-refractivity contribution in [3.8, 4) is 0 Å². The summed E-state index contributed by atoms with van der Waals surface area (Å²) in [5, 5.41) is 0. The molecule has 0 radical (unpaired) electrons. The van der Waals surface area contributed by atoms with Crippen LogP contribution >= 0.6 is 0 Å². The van der Waals surface area contributed by atoms with Crippen LogP contribution in [0, 0.1) is 20.8 Å². The zero-order valence-corrected chi connectivity index (χ0v) is 9.77. The molecule has 0 aromatic carbocycles. The molecule has 2 heterocycles. The molecule has 0 unspecified atom stereocenters. The molecule has 0 aliphatic rings. The highest BCUT2D eigenvalue weighted by Gasteiger charge is 2.09. The highest BCUT2D eigenvalue weighted by Crippen LogP contribution is 1.98. The maximum absolute atomic E-state index is 11.3. The Kier molecular flexibility index (Phi) is 2.60. The standard InChI is InChI=1S/C13H15N2O/c1-10-5-4-6-14(9-10)15-11(2)7-13(16)8-12(15)3/h4-9H,1-3H3/q+1. The monoisotopic (exact) mass is 215 g/mol. The number of rotatable bonds is 1. The highest BCUT2D eigenvalue weighted by atomic mass is 16.1. The highest BCUT2D eigenvalue weighted by molar-refractivity contribution is 5.10. The molecule has 3 heteroatoms. The molecule has 0 atom stereocenters. The molecule has 82 valence electrons. The first kappa shape index (κ1) is 10.6. The molecule has 0 fully saturated rings. The van der Waals surface area contributed by atoms with E-state index in [1.165, 1.54) is 5.56 Å². The molecule has 0 spiro atoms. The number of aryl methyl sites for hydroxylation is 3. The van der Waals surface area contributed by atoms with Crippen molar-refractivity contribution >= 4 is 0 Å². The van der Waals surface area contributed by atoms with Crippen molar-refractivity contribution in [3.05, 3.63) is 63.8 Å². The zero-order valence-electron chi connectivity index (χ0n) is 9.77. The van der Waals surface area contributed by atoms with Crippen LogP contribution in [0.25, 0.3) is 0 Å². The third kappa shape index (κ3) is 1.89. The average molecular weight is 215 g/mol. The van der Waals surface area contributed by atoms with Crippen molar-refractivity contribution in [2.75, 3.05) is 0 Å². The number of nitrogens with zero attached hydrogens (tertiary/aromatic N) is 2. The van der Waals surface area contributed by atoms with Gasteiger partial charge in [-0.05, 0) is 26.8 Å². The van der Waals surface area contributed by atoms with Crippen molar-refractivity contribution in [2.45, 2.75) is 20.8 Å². The fraction of sp³-hybridized carbons (Fsp3) is 0.231. The summed E-state index contributed by atoms with van der Waals surface area (Å²) in [6, 6.07) is 7.32.